The zero-order valence-corrected chi connectivity index (χ0v) is 13.3. The molecule has 0 aliphatic heterocycles. The van der Waals surface area contributed by atoms with Crippen molar-refractivity contribution in [1.82, 2.24) is 4.98 Å². The average molecular weight is 331 g/mol. The molecule has 5 N–H and O–H groups in total. The maximum atomic E-state index is 11.7. The standard InChI is InChI=1S/C16H21N5O3/c17-15-14(21(23)24)13(11(6-19-15)16(18)22)20-12-9-2-7-1-8(4-9)5-10(12)3-7/h6-10,12H,1-5H2,(H2,18,22)(H3,17,19,20). The van der Waals surface area contributed by atoms with Gasteiger partial charge in [-0.25, -0.2) is 4.98 Å². The van der Waals surface area contributed by atoms with Gasteiger partial charge in [0.1, 0.15) is 5.69 Å². The van der Waals surface area contributed by atoms with Crippen LogP contribution < -0.4 is 16.8 Å². The summed E-state index contributed by atoms with van der Waals surface area (Å²) >= 11 is 0. The van der Waals surface area contributed by atoms with E-state index in [4.69, 9.17) is 11.5 Å². The zero-order valence-electron chi connectivity index (χ0n) is 13.3. The highest BCUT2D eigenvalue weighted by Crippen LogP contribution is 2.54. The first kappa shape index (κ1) is 15.2. The Morgan fingerprint density at radius 1 is 1.21 bits per heavy atom. The molecule has 4 bridgehead atoms. The van der Waals surface area contributed by atoms with Gasteiger partial charge >= 0.3 is 5.69 Å². The molecule has 1 aromatic heterocycles. The predicted octanol–water partition coefficient (Wildman–Crippen LogP) is 1.91. The number of rotatable bonds is 4. The molecule has 8 heteroatoms. The fourth-order valence-electron chi connectivity index (χ4n) is 5.36. The van der Waals surface area contributed by atoms with Crippen LogP contribution in [-0.4, -0.2) is 21.9 Å². The third-order valence-electron chi connectivity index (χ3n) is 6.07. The molecule has 0 spiro atoms. The highest BCUT2D eigenvalue weighted by atomic mass is 16.6. The first-order valence-electron chi connectivity index (χ1n) is 8.43. The number of anilines is 2. The molecule has 5 rings (SSSR count). The van der Waals surface area contributed by atoms with Gasteiger partial charge in [0.15, 0.2) is 0 Å². The van der Waals surface area contributed by atoms with E-state index in [-0.39, 0.29) is 28.8 Å². The maximum Gasteiger partial charge on any atom is 0.334 e. The second-order valence-corrected chi connectivity index (χ2v) is 7.50. The van der Waals surface area contributed by atoms with Crippen LogP contribution in [0.5, 0.6) is 0 Å². The summed E-state index contributed by atoms with van der Waals surface area (Å²) in [6.45, 7) is 0. The molecule has 8 nitrogen and oxygen atoms in total. The van der Waals surface area contributed by atoms with Crippen LogP contribution in [0.3, 0.4) is 0 Å². The van der Waals surface area contributed by atoms with Gasteiger partial charge in [-0.3, -0.25) is 14.9 Å². The molecule has 4 fully saturated rings. The van der Waals surface area contributed by atoms with Crippen molar-refractivity contribution in [3.8, 4) is 0 Å². The maximum absolute atomic E-state index is 11.7. The van der Waals surface area contributed by atoms with Gasteiger partial charge < -0.3 is 16.8 Å². The molecule has 1 heterocycles. The summed E-state index contributed by atoms with van der Waals surface area (Å²) in [6, 6.07) is 0.136. The molecular formula is C16H21N5O3. The van der Waals surface area contributed by atoms with E-state index >= 15 is 0 Å². The van der Waals surface area contributed by atoms with E-state index in [1.807, 2.05) is 0 Å². The number of aromatic nitrogens is 1. The third-order valence-corrected chi connectivity index (χ3v) is 6.07. The number of pyridine rings is 1. The van der Waals surface area contributed by atoms with E-state index in [0.29, 0.717) is 11.8 Å². The summed E-state index contributed by atoms with van der Waals surface area (Å²) in [4.78, 5) is 26.4. The lowest BCUT2D eigenvalue weighted by molar-refractivity contribution is -0.383. The number of nitrogens with one attached hydrogen (secondary N) is 1. The summed E-state index contributed by atoms with van der Waals surface area (Å²) < 4.78 is 0. The lowest BCUT2D eigenvalue weighted by Crippen LogP contribution is -2.51. The summed E-state index contributed by atoms with van der Waals surface area (Å²) in [5.74, 6) is 1.64. The van der Waals surface area contributed by atoms with Gasteiger partial charge in [0.2, 0.25) is 5.82 Å². The van der Waals surface area contributed by atoms with E-state index in [1.165, 1.54) is 12.6 Å². The van der Waals surface area contributed by atoms with Gasteiger partial charge in [-0.15, -0.1) is 0 Å². The molecule has 0 aromatic carbocycles. The molecule has 0 unspecified atom stereocenters. The van der Waals surface area contributed by atoms with Gasteiger partial charge in [0.25, 0.3) is 5.91 Å². The summed E-state index contributed by atoms with van der Waals surface area (Å²) in [5.41, 5.74) is 10.9. The smallest absolute Gasteiger partial charge is 0.334 e. The van der Waals surface area contributed by atoms with E-state index in [9.17, 15) is 14.9 Å². The lowest BCUT2D eigenvalue weighted by atomic mass is 9.54. The number of hydrogen-bond donors (Lipinski definition) is 3. The van der Waals surface area contributed by atoms with Gasteiger partial charge in [-0.2, -0.15) is 0 Å². The molecule has 24 heavy (non-hydrogen) atoms. The molecule has 1 aromatic rings. The zero-order chi connectivity index (χ0) is 17.0. The van der Waals surface area contributed by atoms with Crippen LogP contribution in [0.25, 0.3) is 0 Å². The van der Waals surface area contributed by atoms with E-state index in [0.717, 1.165) is 37.5 Å². The van der Waals surface area contributed by atoms with Gasteiger partial charge in [-0.05, 0) is 55.8 Å². The van der Waals surface area contributed by atoms with Crippen molar-refractivity contribution in [3.05, 3.63) is 21.9 Å². The van der Waals surface area contributed by atoms with E-state index < -0.39 is 10.8 Å². The second-order valence-electron chi connectivity index (χ2n) is 7.50. The molecule has 4 aliphatic rings. The monoisotopic (exact) mass is 331 g/mol. The molecular weight excluding hydrogens is 310 g/mol. The number of nitrogens with two attached hydrogens (primary N) is 2. The van der Waals surface area contributed by atoms with Crippen molar-refractivity contribution < 1.29 is 9.72 Å². The number of nitrogen functional groups attached to an aromatic ring is 1. The Bertz CT molecular complexity index is 692. The Kier molecular flexibility index (Phi) is 3.36. The minimum Gasteiger partial charge on any atom is -0.378 e. The summed E-state index contributed by atoms with van der Waals surface area (Å²) in [5, 5.41) is 14.8. The quantitative estimate of drug-likeness (QED) is 0.569. The number of nitro groups is 1. The fraction of sp³-hybridized carbons (Fsp3) is 0.625. The summed E-state index contributed by atoms with van der Waals surface area (Å²) in [7, 11) is 0. The molecule has 0 saturated heterocycles. The lowest BCUT2D eigenvalue weighted by Gasteiger charge is -2.54. The third kappa shape index (κ3) is 2.28. The SMILES string of the molecule is NC(=O)c1cnc(N)c([N+](=O)[O-])c1NC1C2CC3CC(C2)CC1C3. The van der Waals surface area contributed by atoms with Crippen molar-refractivity contribution >= 4 is 23.1 Å². The van der Waals surface area contributed by atoms with Crippen LogP contribution >= 0.6 is 0 Å². The topological polar surface area (TPSA) is 137 Å². The fourth-order valence-corrected chi connectivity index (χ4v) is 5.36. The van der Waals surface area contributed by atoms with E-state index in [1.54, 1.807) is 0 Å². The largest absolute Gasteiger partial charge is 0.378 e. The molecule has 4 aliphatic carbocycles. The number of primary amides is 1. The predicted molar refractivity (Wildman–Crippen MR) is 88.3 cm³/mol. The Morgan fingerprint density at radius 3 is 2.29 bits per heavy atom. The highest BCUT2D eigenvalue weighted by molar-refractivity contribution is 6.01. The van der Waals surface area contributed by atoms with Crippen molar-refractivity contribution in [1.29, 1.82) is 0 Å². The molecule has 128 valence electrons. The van der Waals surface area contributed by atoms with Crippen LogP contribution in [0.1, 0.15) is 42.5 Å². The number of hydrogen-bond acceptors (Lipinski definition) is 6. The van der Waals surface area contributed by atoms with Crippen molar-refractivity contribution in [2.24, 2.45) is 29.4 Å². The Labute approximate surface area is 139 Å². The Balaban J connectivity index is 1.72. The van der Waals surface area contributed by atoms with Crippen molar-refractivity contribution in [2.75, 3.05) is 11.1 Å². The van der Waals surface area contributed by atoms with Crippen molar-refractivity contribution in [3.63, 3.8) is 0 Å². The molecule has 0 atom stereocenters. The minimum absolute atomic E-state index is 0.0321. The van der Waals surface area contributed by atoms with Crippen molar-refractivity contribution in [2.45, 2.75) is 38.1 Å². The number of carbonyl (C=O) groups is 1. The van der Waals surface area contributed by atoms with Crippen LogP contribution in [0, 0.1) is 33.8 Å². The van der Waals surface area contributed by atoms with Gasteiger partial charge in [-0.1, -0.05) is 0 Å². The molecule has 4 saturated carbocycles. The number of nitrogens with zero attached hydrogens (tertiary/aromatic N) is 2. The van der Waals surface area contributed by atoms with Gasteiger partial charge in [0.05, 0.1) is 10.5 Å². The van der Waals surface area contributed by atoms with Crippen LogP contribution in [0.2, 0.25) is 0 Å². The molecule has 1 amide bonds. The number of amides is 1. The molecule has 0 radical (unpaired) electrons. The summed E-state index contributed by atoms with van der Waals surface area (Å²) in [6.07, 6.45) is 7.18. The normalized spacial score (nSPS) is 33.4. The number of carbonyl (C=O) groups excluding carboxylic acids is 1. The first-order chi connectivity index (χ1) is 11.4. The average Bonchev–Trinajstić information content (AvgIpc) is 2.49. The van der Waals surface area contributed by atoms with E-state index in [2.05, 4.69) is 10.3 Å². The van der Waals surface area contributed by atoms with Crippen LogP contribution in [0.15, 0.2) is 6.20 Å². The second kappa shape index (κ2) is 5.32. The highest BCUT2D eigenvalue weighted by Gasteiger charge is 2.48. The van der Waals surface area contributed by atoms with Crippen LogP contribution in [-0.2, 0) is 0 Å². The minimum atomic E-state index is -0.739. The van der Waals surface area contributed by atoms with Gasteiger partial charge in [0, 0.05) is 12.2 Å². The Hall–Kier alpha value is -2.38. The Morgan fingerprint density at radius 2 is 1.79 bits per heavy atom. The van der Waals surface area contributed by atoms with Crippen LogP contribution in [0.4, 0.5) is 17.2 Å². The first-order valence-corrected chi connectivity index (χ1v) is 8.43.